The first-order chi connectivity index (χ1) is 9.85. The van der Waals surface area contributed by atoms with Gasteiger partial charge in [-0.3, -0.25) is 4.98 Å². The van der Waals surface area contributed by atoms with E-state index < -0.39 is 0 Å². The van der Waals surface area contributed by atoms with E-state index >= 15 is 0 Å². The normalized spacial score (nSPS) is 20.4. The fourth-order valence-electron chi connectivity index (χ4n) is 2.93. The Balaban J connectivity index is 1.69. The number of hydrogen-bond donors (Lipinski definition) is 1. The monoisotopic (exact) mass is 270 g/mol. The molecule has 2 unspecified atom stereocenters. The Kier molecular flexibility index (Phi) is 4.28. The number of nitrogens with one attached hydrogen (secondary N) is 1. The molecule has 0 saturated carbocycles. The van der Waals surface area contributed by atoms with Crippen molar-refractivity contribution < 1.29 is 4.74 Å². The van der Waals surface area contributed by atoms with Crippen molar-refractivity contribution >= 4 is 10.9 Å². The fraction of sp³-hybridized carbons (Fsp3) is 0.471. The highest BCUT2D eigenvalue weighted by Crippen LogP contribution is 2.19. The average molecular weight is 270 g/mol. The molecule has 1 aromatic heterocycles. The van der Waals surface area contributed by atoms with Crippen LogP contribution < -0.4 is 5.32 Å². The fourth-order valence-corrected chi connectivity index (χ4v) is 2.93. The van der Waals surface area contributed by atoms with Gasteiger partial charge in [0.25, 0.3) is 0 Å². The minimum Gasteiger partial charge on any atom is -0.378 e. The van der Waals surface area contributed by atoms with Gasteiger partial charge in [0.15, 0.2) is 0 Å². The van der Waals surface area contributed by atoms with Crippen molar-refractivity contribution in [1.29, 1.82) is 0 Å². The maximum Gasteiger partial charge on any atom is 0.0705 e. The smallest absolute Gasteiger partial charge is 0.0705 e. The molecule has 1 aliphatic heterocycles. The lowest BCUT2D eigenvalue weighted by atomic mass is 10.0. The van der Waals surface area contributed by atoms with Crippen LogP contribution in [0, 0.1) is 0 Å². The van der Waals surface area contributed by atoms with Crippen LogP contribution in [0.4, 0.5) is 0 Å². The lowest BCUT2D eigenvalue weighted by Gasteiger charge is -2.19. The van der Waals surface area contributed by atoms with Crippen molar-refractivity contribution in [3.63, 3.8) is 0 Å². The molecule has 1 aliphatic rings. The zero-order valence-corrected chi connectivity index (χ0v) is 12.0. The predicted octanol–water partition coefficient (Wildman–Crippen LogP) is 2.93. The Hall–Kier alpha value is -1.45. The van der Waals surface area contributed by atoms with E-state index in [9.17, 15) is 0 Å². The number of hydrogen-bond acceptors (Lipinski definition) is 3. The van der Waals surface area contributed by atoms with Crippen molar-refractivity contribution in [2.24, 2.45) is 0 Å². The minimum atomic E-state index is 0.424. The number of rotatable bonds is 5. The van der Waals surface area contributed by atoms with Crippen LogP contribution in [0.25, 0.3) is 10.9 Å². The van der Waals surface area contributed by atoms with Crippen LogP contribution in [0.3, 0.4) is 0 Å². The highest BCUT2D eigenvalue weighted by Gasteiger charge is 2.20. The summed E-state index contributed by atoms with van der Waals surface area (Å²) in [5.74, 6) is 0. The van der Waals surface area contributed by atoms with E-state index in [0.717, 1.165) is 30.7 Å². The van der Waals surface area contributed by atoms with E-state index in [1.807, 2.05) is 13.1 Å². The quantitative estimate of drug-likeness (QED) is 0.907. The topological polar surface area (TPSA) is 34.2 Å². The molecule has 3 nitrogen and oxygen atoms in total. The molecule has 2 heterocycles. The third-order valence-electron chi connectivity index (χ3n) is 4.09. The molecule has 0 amide bonds. The molecule has 0 bridgehead atoms. The van der Waals surface area contributed by atoms with Crippen molar-refractivity contribution in [3.8, 4) is 0 Å². The molecule has 0 aliphatic carbocycles. The van der Waals surface area contributed by atoms with Gasteiger partial charge in [0.1, 0.15) is 0 Å². The van der Waals surface area contributed by atoms with Gasteiger partial charge in [-0.15, -0.1) is 0 Å². The van der Waals surface area contributed by atoms with Crippen molar-refractivity contribution in [3.05, 3.63) is 42.1 Å². The van der Waals surface area contributed by atoms with Gasteiger partial charge < -0.3 is 10.1 Å². The van der Waals surface area contributed by atoms with E-state index in [-0.39, 0.29) is 0 Å². The molecule has 2 atom stereocenters. The van der Waals surface area contributed by atoms with E-state index in [4.69, 9.17) is 9.72 Å². The van der Waals surface area contributed by atoms with Crippen LogP contribution in [-0.4, -0.2) is 30.8 Å². The lowest BCUT2D eigenvalue weighted by Crippen LogP contribution is -2.32. The van der Waals surface area contributed by atoms with Gasteiger partial charge in [0.2, 0.25) is 0 Å². The number of ether oxygens (including phenoxy) is 1. The van der Waals surface area contributed by atoms with E-state index in [0.29, 0.717) is 12.1 Å². The number of aromatic nitrogens is 1. The van der Waals surface area contributed by atoms with Crippen LogP contribution >= 0.6 is 0 Å². The maximum absolute atomic E-state index is 5.73. The Labute approximate surface area is 120 Å². The van der Waals surface area contributed by atoms with Crippen molar-refractivity contribution in [1.82, 2.24) is 10.3 Å². The highest BCUT2D eigenvalue weighted by atomic mass is 16.5. The summed E-state index contributed by atoms with van der Waals surface area (Å²) in [6.45, 7) is 0.926. The number of fused-ring (bicyclic) bond motifs is 1. The van der Waals surface area contributed by atoms with E-state index in [1.54, 1.807) is 0 Å². The number of benzene rings is 1. The summed E-state index contributed by atoms with van der Waals surface area (Å²) >= 11 is 0. The van der Waals surface area contributed by atoms with Crippen LogP contribution in [-0.2, 0) is 11.2 Å². The number of pyridine rings is 1. The summed E-state index contributed by atoms with van der Waals surface area (Å²) < 4.78 is 5.73. The van der Waals surface area contributed by atoms with Gasteiger partial charge in [-0.2, -0.15) is 0 Å². The molecule has 106 valence electrons. The standard InChI is InChI=1S/C17H22N2O/c1-18-15(12-16-6-4-10-20-16)11-14-9-8-13-5-2-3-7-17(13)19-14/h2-3,5,7-9,15-16,18H,4,6,10-12H2,1H3. The van der Waals surface area contributed by atoms with Gasteiger partial charge in [-0.05, 0) is 38.4 Å². The number of nitrogens with zero attached hydrogens (tertiary/aromatic N) is 1. The third-order valence-corrected chi connectivity index (χ3v) is 4.09. The molecule has 0 radical (unpaired) electrons. The predicted molar refractivity (Wildman–Crippen MR) is 81.9 cm³/mol. The zero-order chi connectivity index (χ0) is 13.8. The second-order valence-electron chi connectivity index (χ2n) is 5.56. The Morgan fingerprint density at radius 3 is 3.00 bits per heavy atom. The summed E-state index contributed by atoms with van der Waals surface area (Å²) in [6, 6.07) is 13.0. The second-order valence-corrected chi connectivity index (χ2v) is 5.56. The summed E-state index contributed by atoms with van der Waals surface area (Å²) in [4.78, 5) is 4.76. The SMILES string of the molecule is CNC(Cc1ccc2ccccc2n1)CC1CCCO1. The molecule has 3 heteroatoms. The largest absolute Gasteiger partial charge is 0.378 e. The summed E-state index contributed by atoms with van der Waals surface area (Å²) in [5, 5.41) is 4.61. The first-order valence-electron chi connectivity index (χ1n) is 7.48. The molecule has 1 aromatic carbocycles. The molecular formula is C17H22N2O. The van der Waals surface area contributed by atoms with Crippen LogP contribution in [0.5, 0.6) is 0 Å². The summed E-state index contributed by atoms with van der Waals surface area (Å²) in [7, 11) is 2.03. The summed E-state index contributed by atoms with van der Waals surface area (Å²) in [5.41, 5.74) is 2.23. The Bertz CT molecular complexity index is 564. The van der Waals surface area contributed by atoms with E-state index in [2.05, 4.69) is 35.6 Å². The van der Waals surface area contributed by atoms with Crippen LogP contribution in [0.1, 0.15) is 25.0 Å². The second kappa shape index (κ2) is 6.33. The first kappa shape index (κ1) is 13.5. The zero-order valence-electron chi connectivity index (χ0n) is 12.0. The summed E-state index contributed by atoms with van der Waals surface area (Å²) in [6.07, 6.45) is 4.86. The minimum absolute atomic E-state index is 0.424. The maximum atomic E-state index is 5.73. The molecule has 0 spiro atoms. The van der Waals surface area contributed by atoms with E-state index in [1.165, 1.54) is 18.2 Å². The Morgan fingerprint density at radius 2 is 2.20 bits per heavy atom. The number of para-hydroxylation sites is 1. The molecule has 2 aromatic rings. The van der Waals surface area contributed by atoms with Crippen molar-refractivity contribution in [2.45, 2.75) is 37.8 Å². The highest BCUT2D eigenvalue weighted by molar-refractivity contribution is 5.78. The van der Waals surface area contributed by atoms with Gasteiger partial charge in [-0.25, -0.2) is 0 Å². The van der Waals surface area contributed by atoms with Crippen LogP contribution in [0.2, 0.25) is 0 Å². The lowest BCUT2D eigenvalue weighted by molar-refractivity contribution is 0.0953. The number of likely N-dealkylation sites (N-methyl/N-ethyl adjacent to an activating group) is 1. The van der Waals surface area contributed by atoms with Crippen molar-refractivity contribution in [2.75, 3.05) is 13.7 Å². The molecule has 20 heavy (non-hydrogen) atoms. The molecule has 1 N–H and O–H groups in total. The first-order valence-corrected chi connectivity index (χ1v) is 7.48. The molecule has 3 rings (SSSR count). The van der Waals surface area contributed by atoms with Crippen LogP contribution in [0.15, 0.2) is 36.4 Å². The average Bonchev–Trinajstić information content (AvgIpc) is 2.99. The Morgan fingerprint density at radius 1 is 1.30 bits per heavy atom. The molecule has 1 fully saturated rings. The molecule has 1 saturated heterocycles. The van der Waals surface area contributed by atoms with Gasteiger partial charge >= 0.3 is 0 Å². The van der Waals surface area contributed by atoms with Gasteiger partial charge in [-0.1, -0.05) is 24.3 Å². The van der Waals surface area contributed by atoms with Gasteiger partial charge in [0.05, 0.1) is 11.6 Å². The third kappa shape index (κ3) is 3.17. The van der Waals surface area contributed by atoms with Gasteiger partial charge in [0, 0.05) is 30.1 Å². The molecular weight excluding hydrogens is 248 g/mol.